The zero-order valence-corrected chi connectivity index (χ0v) is 13.2. The molecule has 0 fully saturated rings. The van der Waals surface area contributed by atoms with Gasteiger partial charge >= 0.3 is 0 Å². The van der Waals surface area contributed by atoms with Crippen molar-refractivity contribution in [1.82, 2.24) is 0 Å². The predicted octanol–water partition coefficient (Wildman–Crippen LogP) is 4.94. The van der Waals surface area contributed by atoms with Crippen LogP contribution in [0.3, 0.4) is 0 Å². The monoisotopic (exact) mass is 290 g/mol. The fraction of sp³-hybridized carbons (Fsp3) is 1.00. The fourth-order valence-corrected chi connectivity index (χ4v) is 11.0. The van der Waals surface area contributed by atoms with Crippen molar-refractivity contribution in [2.75, 3.05) is 24.8 Å². The van der Waals surface area contributed by atoms with Crippen LogP contribution >= 0.6 is 35.9 Å². The summed E-state index contributed by atoms with van der Waals surface area (Å²) in [5, 5.41) is 0. The van der Waals surface area contributed by atoms with E-state index in [0.717, 1.165) is 24.3 Å². The smallest absolute Gasteiger partial charge is 0.260 e. The number of hydrogen-bond donors (Lipinski definition) is 0. The average Bonchev–Trinajstić information content (AvgIpc) is 2.10. The van der Waals surface area contributed by atoms with Crippen LogP contribution in [0.2, 0.25) is 0 Å². The zero-order chi connectivity index (χ0) is 11.9. The summed E-state index contributed by atoms with van der Waals surface area (Å²) >= 11 is 2.57. The lowest BCUT2D eigenvalue weighted by atomic mass is 10.6. The highest BCUT2D eigenvalue weighted by molar-refractivity contribution is 8.61. The van der Waals surface area contributed by atoms with E-state index < -0.39 is 13.1 Å². The molecule has 0 aromatic heterocycles. The Bertz CT molecular complexity index is 245. The molecule has 0 aromatic carbocycles. The summed E-state index contributed by atoms with van der Waals surface area (Å²) < 4.78 is 29.1. The van der Waals surface area contributed by atoms with Crippen molar-refractivity contribution >= 4 is 35.9 Å². The molecule has 0 aliphatic carbocycles. The van der Waals surface area contributed by atoms with Gasteiger partial charge in [-0.3, -0.25) is 13.4 Å². The summed E-state index contributed by atoms with van der Waals surface area (Å²) in [5.41, 5.74) is 0. The van der Waals surface area contributed by atoms with Crippen LogP contribution in [0.5, 0.6) is 0 Å². The molecule has 92 valence electrons. The quantitative estimate of drug-likeness (QED) is 0.593. The van der Waals surface area contributed by atoms with E-state index in [2.05, 4.69) is 0 Å². The minimum absolute atomic E-state index is 0.784. The standard InChI is InChI=1S/C8H20O3P2S2/c1-5-7-14-12(3,9)11-13(4,10)15-8-6-2/h5-8H2,1-4H3. The maximum Gasteiger partial charge on any atom is 0.260 e. The molecule has 0 saturated carbocycles. The van der Waals surface area contributed by atoms with Crippen LogP contribution in [0.1, 0.15) is 26.7 Å². The molecule has 0 amide bonds. The molecule has 2 atom stereocenters. The van der Waals surface area contributed by atoms with Crippen LogP contribution in [-0.2, 0) is 13.4 Å². The molecule has 0 radical (unpaired) electrons. The number of hydrogen-bond acceptors (Lipinski definition) is 5. The summed E-state index contributed by atoms with van der Waals surface area (Å²) in [5.74, 6) is 1.57. The second-order valence-corrected chi connectivity index (χ2v) is 13.9. The summed E-state index contributed by atoms with van der Waals surface area (Å²) in [6, 6.07) is 0. The Kier molecular flexibility index (Phi) is 8.00. The molecule has 2 unspecified atom stereocenters. The van der Waals surface area contributed by atoms with E-state index in [1.807, 2.05) is 13.8 Å². The Morgan fingerprint density at radius 2 is 1.27 bits per heavy atom. The third-order valence-electron chi connectivity index (χ3n) is 1.36. The van der Waals surface area contributed by atoms with Crippen molar-refractivity contribution in [2.24, 2.45) is 0 Å². The van der Waals surface area contributed by atoms with Crippen LogP contribution in [0.25, 0.3) is 0 Å². The van der Waals surface area contributed by atoms with E-state index in [1.54, 1.807) is 13.3 Å². The largest absolute Gasteiger partial charge is 0.281 e. The lowest BCUT2D eigenvalue weighted by molar-refractivity contribution is 0.488. The molecule has 0 bridgehead atoms. The van der Waals surface area contributed by atoms with Gasteiger partial charge in [-0.2, -0.15) is 0 Å². The van der Waals surface area contributed by atoms with E-state index in [-0.39, 0.29) is 0 Å². The Balaban J connectivity index is 4.17. The Morgan fingerprint density at radius 3 is 1.53 bits per heavy atom. The summed E-state index contributed by atoms with van der Waals surface area (Å²) in [6.45, 7) is 1.66. The van der Waals surface area contributed by atoms with Crippen molar-refractivity contribution in [2.45, 2.75) is 26.7 Å². The average molecular weight is 290 g/mol. The maximum absolute atomic E-state index is 11.9. The molecule has 7 heteroatoms. The van der Waals surface area contributed by atoms with Gasteiger partial charge in [-0.25, -0.2) is 0 Å². The summed E-state index contributed by atoms with van der Waals surface area (Å²) in [7, 11) is 0. The van der Waals surface area contributed by atoms with Crippen molar-refractivity contribution in [3.8, 4) is 0 Å². The first-order chi connectivity index (χ1) is 6.83. The van der Waals surface area contributed by atoms with E-state index in [4.69, 9.17) is 4.31 Å². The third-order valence-corrected chi connectivity index (χ3v) is 11.0. The van der Waals surface area contributed by atoms with Crippen LogP contribution in [0.15, 0.2) is 0 Å². The van der Waals surface area contributed by atoms with Gasteiger partial charge < -0.3 is 0 Å². The molecule has 0 rings (SSSR count). The molecular weight excluding hydrogens is 270 g/mol. The van der Waals surface area contributed by atoms with Crippen LogP contribution in [-0.4, -0.2) is 24.8 Å². The van der Waals surface area contributed by atoms with Gasteiger partial charge in [0.25, 0.3) is 13.1 Å². The molecule has 0 aromatic rings. The summed E-state index contributed by atoms with van der Waals surface area (Å²) in [4.78, 5) is 0. The second-order valence-electron chi connectivity index (χ2n) is 3.29. The zero-order valence-electron chi connectivity index (χ0n) is 9.76. The van der Waals surface area contributed by atoms with Crippen molar-refractivity contribution < 1.29 is 13.4 Å². The van der Waals surface area contributed by atoms with Crippen LogP contribution in [0.4, 0.5) is 0 Å². The predicted molar refractivity (Wildman–Crippen MR) is 73.6 cm³/mol. The van der Waals surface area contributed by atoms with Gasteiger partial charge in [-0.1, -0.05) is 36.6 Å². The normalized spacial score (nSPS) is 19.5. The Hall–Kier alpha value is 1.12. The van der Waals surface area contributed by atoms with Crippen LogP contribution < -0.4 is 0 Å². The highest BCUT2D eigenvalue weighted by Gasteiger charge is 2.27. The van der Waals surface area contributed by atoms with Crippen molar-refractivity contribution in [3.05, 3.63) is 0 Å². The molecule has 0 aliphatic heterocycles. The minimum Gasteiger partial charge on any atom is -0.281 e. The van der Waals surface area contributed by atoms with Gasteiger partial charge in [-0.15, -0.1) is 0 Å². The Morgan fingerprint density at radius 1 is 0.933 bits per heavy atom. The molecule has 0 N–H and O–H groups in total. The van der Waals surface area contributed by atoms with Gasteiger partial charge in [-0.05, 0) is 12.8 Å². The first kappa shape index (κ1) is 16.1. The van der Waals surface area contributed by atoms with Gasteiger partial charge in [0.15, 0.2) is 0 Å². The van der Waals surface area contributed by atoms with Gasteiger partial charge in [0.2, 0.25) is 0 Å². The third kappa shape index (κ3) is 8.88. The molecule has 3 nitrogen and oxygen atoms in total. The lowest BCUT2D eigenvalue weighted by Crippen LogP contribution is -1.84. The molecule has 0 spiro atoms. The second kappa shape index (κ2) is 7.45. The highest BCUT2D eigenvalue weighted by atomic mass is 32.8. The molecular formula is C8H20O3P2S2. The van der Waals surface area contributed by atoms with E-state index in [1.165, 1.54) is 22.8 Å². The van der Waals surface area contributed by atoms with Gasteiger partial charge in [0.1, 0.15) is 0 Å². The highest BCUT2D eigenvalue weighted by Crippen LogP contribution is 2.71. The first-order valence-electron chi connectivity index (χ1n) is 4.98. The van der Waals surface area contributed by atoms with E-state index in [9.17, 15) is 9.13 Å². The van der Waals surface area contributed by atoms with Crippen LogP contribution in [0, 0.1) is 0 Å². The Labute approximate surface area is 101 Å². The van der Waals surface area contributed by atoms with Crippen molar-refractivity contribution in [1.29, 1.82) is 0 Å². The fourth-order valence-electron chi connectivity index (χ4n) is 0.831. The SMILES string of the molecule is CCCSP(C)(=O)OP(C)(=O)SCCC. The van der Waals surface area contributed by atoms with Gasteiger partial charge in [0.05, 0.1) is 0 Å². The number of rotatable bonds is 8. The molecule has 0 aliphatic rings. The van der Waals surface area contributed by atoms with Crippen molar-refractivity contribution in [3.63, 3.8) is 0 Å². The topological polar surface area (TPSA) is 43.4 Å². The minimum atomic E-state index is -2.74. The molecule has 15 heavy (non-hydrogen) atoms. The maximum atomic E-state index is 11.9. The van der Waals surface area contributed by atoms with Gasteiger partial charge in [0, 0.05) is 24.8 Å². The molecule has 0 heterocycles. The summed E-state index contributed by atoms with van der Waals surface area (Å²) in [6.07, 6.45) is 1.89. The first-order valence-corrected chi connectivity index (χ1v) is 12.3. The van der Waals surface area contributed by atoms with E-state index >= 15 is 0 Å². The molecule has 0 saturated heterocycles. The lowest BCUT2D eigenvalue weighted by Gasteiger charge is -2.18. The van der Waals surface area contributed by atoms with E-state index in [0.29, 0.717) is 0 Å².